The topological polar surface area (TPSA) is 41.5 Å². The number of ether oxygens (including phenoxy) is 1. The molecule has 2 N–H and O–H groups in total. The lowest BCUT2D eigenvalue weighted by molar-refractivity contribution is 0.106. The molecule has 3 nitrogen and oxygen atoms in total. The molecule has 0 radical (unpaired) electrons. The van der Waals surface area contributed by atoms with Gasteiger partial charge in [-0.05, 0) is 43.5 Å². The van der Waals surface area contributed by atoms with E-state index in [4.69, 9.17) is 4.74 Å². The van der Waals surface area contributed by atoms with Crippen LogP contribution in [0.5, 0.6) is 5.75 Å². The van der Waals surface area contributed by atoms with E-state index >= 15 is 0 Å². The summed E-state index contributed by atoms with van der Waals surface area (Å²) in [5.74, 6) is 2.07. The molecule has 0 aromatic heterocycles. The van der Waals surface area contributed by atoms with Crippen LogP contribution in [-0.4, -0.2) is 42.9 Å². The van der Waals surface area contributed by atoms with E-state index in [1.165, 1.54) is 31.4 Å². The Labute approximate surface area is 127 Å². The van der Waals surface area contributed by atoms with Gasteiger partial charge in [0.1, 0.15) is 18.5 Å². The van der Waals surface area contributed by atoms with Crippen molar-refractivity contribution in [2.24, 2.45) is 0 Å². The number of rotatable bonds is 12. The van der Waals surface area contributed by atoms with Crippen LogP contribution in [0.2, 0.25) is 0 Å². The van der Waals surface area contributed by atoms with Gasteiger partial charge >= 0.3 is 0 Å². The zero-order valence-corrected chi connectivity index (χ0v) is 13.2. The van der Waals surface area contributed by atoms with Crippen molar-refractivity contribution in [3.63, 3.8) is 0 Å². The van der Waals surface area contributed by atoms with Gasteiger partial charge in [-0.3, -0.25) is 0 Å². The minimum absolute atomic E-state index is 0.338. The first-order valence-electron chi connectivity index (χ1n) is 7.38. The third-order valence-electron chi connectivity index (χ3n) is 3.02. The number of hydrogen-bond donors (Lipinski definition) is 2. The van der Waals surface area contributed by atoms with Gasteiger partial charge in [0.15, 0.2) is 0 Å². The Kier molecular flexibility index (Phi) is 10.5. The van der Waals surface area contributed by atoms with Crippen molar-refractivity contribution in [2.75, 3.05) is 31.7 Å². The van der Waals surface area contributed by atoms with E-state index in [-0.39, 0.29) is 0 Å². The Bertz CT molecular complexity index is 322. The summed E-state index contributed by atoms with van der Waals surface area (Å²) in [5, 5.41) is 13.1. The van der Waals surface area contributed by atoms with Crippen LogP contribution in [0.15, 0.2) is 30.3 Å². The van der Waals surface area contributed by atoms with Crippen LogP contribution in [0.3, 0.4) is 0 Å². The van der Waals surface area contributed by atoms with Crippen molar-refractivity contribution in [3.8, 4) is 5.75 Å². The first kappa shape index (κ1) is 17.3. The highest BCUT2D eigenvalue weighted by atomic mass is 32.2. The molecule has 0 aliphatic carbocycles. The number of unbranched alkanes of at least 4 members (excludes halogenated alkanes) is 3. The molecule has 0 aliphatic rings. The molecule has 1 unspecified atom stereocenters. The van der Waals surface area contributed by atoms with E-state index in [0.29, 0.717) is 13.2 Å². The van der Waals surface area contributed by atoms with Crippen LogP contribution in [0.4, 0.5) is 0 Å². The van der Waals surface area contributed by atoms with Gasteiger partial charge in [-0.2, -0.15) is 11.8 Å². The second kappa shape index (κ2) is 12.1. The summed E-state index contributed by atoms with van der Waals surface area (Å²) in [6, 6.07) is 9.60. The van der Waals surface area contributed by atoms with Crippen LogP contribution in [0.1, 0.15) is 25.7 Å². The quantitative estimate of drug-likeness (QED) is 0.582. The van der Waals surface area contributed by atoms with E-state index in [1.807, 2.05) is 42.1 Å². The Morgan fingerprint density at radius 3 is 2.65 bits per heavy atom. The van der Waals surface area contributed by atoms with Crippen molar-refractivity contribution in [2.45, 2.75) is 31.8 Å². The van der Waals surface area contributed by atoms with E-state index < -0.39 is 6.10 Å². The summed E-state index contributed by atoms with van der Waals surface area (Å²) in [6.07, 6.45) is 6.77. The predicted octanol–water partition coefficient (Wildman–Crippen LogP) is 2.94. The van der Waals surface area contributed by atoms with Crippen molar-refractivity contribution >= 4 is 11.8 Å². The summed E-state index contributed by atoms with van der Waals surface area (Å²) in [6.45, 7) is 1.91. The minimum atomic E-state index is -0.452. The van der Waals surface area contributed by atoms with Gasteiger partial charge in [-0.1, -0.05) is 31.0 Å². The van der Waals surface area contributed by atoms with E-state index in [0.717, 1.165) is 12.3 Å². The molecule has 0 heterocycles. The van der Waals surface area contributed by atoms with Crippen molar-refractivity contribution in [1.29, 1.82) is 0 Å². The number of benzene rings is 1. The van der Waals surface area contributed by atoms with E-state index in [9.17, 15) is 5.11 Å². The zero-order valence-electron chi connectivity index (χ0n) is 12.4. The van der Waals surface area contributed by atoms with Gasteiger partial charge in [0.25, 0.3) is 0 Å². The molecule has 0 saturated heterocycles. The highest BCUT2D eigenvalue weighted by molar-refractivity contribution is 7.98. The van der Waals surface area contributed by atoms with Crippen LogP contribution in [0.25, 0.3) is 0 Å². The number of nitrogens with one attached hydrogen (secondary N) is 1. The standard InChI is InChI=1S/C16H27NO2S/c1-20-12-8-3-2-7-11-17-13-15(18)14-19-16-9-5-4-6-10-16/h4-6,9-10,15,17-18H,2-3,7-8,11-14H2,1H3. The van der Waals surface area contributed by atoms with Gasteiger partial charge < -0.3 is 15.2 Å². The lowest BCUT2D eigenvalue weighted by Crippen LogP contribution is -2.32. The number of thioether (sulfide) groups is 1. The van der Waals surface area contributed by atoms with Crippen molar-refractivity contribution in [3.05, 3.63) is 30.3 Å². The largest absolute Gasteiger partial charge is 0.491 e. The lowest BCUT2D eigenvalue weighted by Gasteiger charge is -2.13. The van der Waals surface area contributed by atoms with Crippen LogP contribution < -0.4 is 10.1 Å². The molecule has 0 bridgehead atoms. The Balaban J connectivity index is 1.91. The summed E-state index contributed by atoms with van der Waals surface area (Å²) >= 11 is 1.91. The molecule has 1 aromatic rings. The second-order valence-electron chi connectivity index (χ2n) is 4.89. The normalized spacial score (nSPS) is 12.3. The smallest absolute Gasteiger partial charge is 0.119 e. The maximum absolute atomic E-state index is 9.79. The Morgan fingerprint density at radius 2 is 1.90 bits per heavy atom. The first-order chi connectivity index (χ1) is 9.83. The number of para-hydroxylation sites is 1. The highest BCUT2D eigenvalue weighted by Gasteiger charge is 2.04. The Hall–Kier alpha value is -0.710. The molecule has 114 valence electrons. The Morgan fingerprint density at radius 1 is 1.15 bits per heavy atom. The SMILES string of the molecule is CSCCCCCCNCC(O)COc1ccccc1. The molecule has 4 heteroatoms. The third kappa shape index (κ3) is 9.23. The molecule has 20 heavy (non-hydrogen) atoms. The predicted molar refractivity (Wildman–Crippen MR) is 87.7 cm³/mol. The average molecular weight is 297 g/mol. The van der Waals surface area contributed by atoms with Crippen LogP contribution >= 0.6 is 11.8 Å². The van der Waals surface area contributed by atoms with Crippen molar-refractivity contribution < 1.29 is 9.84 Å². The summed E-state index contributed by atoms with van der Waals surface area (Å²) < 4.78 is 5.50. The summed E-state index contributed by atoms with van der Waals surface area (Å²) in [5.41, 5.74) is 0. The third-order valence-corrected chi connectivity index (χ3v) is 3.71. The molecule has 1 rings (SSSR count). The molecular formula is C16H27NO2S. The van der Waals surface area contributed by atoms with Crippen LogP contribution in [0, 0.1) is 0 Å². The van der Waals surface area contributed by atoms with Crippen molar-refractivity contribution in [1.82, 2.24) is 5.32 Å². The summed E-state index contributed by atoms with van der Waals surface area (Å²) in [4.78, 5) is 0. The lowest BCUT2D eigenvalue weighted by atomic mass is 10.2. The monoisotopic (exact) mass is 297 g/mol. The van der Waals surface area contributed by atoms with Crippen LogP contribution in [-0.2, 0) is 0 Å². The molecule has 0 fully saturated rings. The van der Waals surface area contributed by atoms with E-state index in [2.05, 4.69) is 11.6 Å². The highest BCUT2D eigenvalue weighted by Crippen LogP contribution is 2.08. The van der Waals surface area contributed by atoms with Gasteiger partial charge in [-0.25, -0.2) is 0 Å². The number of aliphatic hydroxyl groups is 1. The van der Waals surface area contributed by atoms with Gasteiger partial charge in [0.2, 0.25) is 0 Å². The van der Waals surface area contributed by atoms with Gasteiger partial charge in [0.05, 0.1) is 0 Å². The number of hydrogen-bond acceptors (Lipinski definition) is 4. The fraction of sp³-hybridized carbons (Fsp3) is 0.625. The minimum Gasteiger partial charge on any atom is -0.491 e. The maximum atomic E-state index is 9.79. The average Bonchev–Trinajstić information content (AvgIpc) is 2.49. The molecule has 0 amide bonds. The molecule has 1 atom stereocenters. The maximum Gasteiger partial charge on any atom is 0.119 e. The molecule has 1 aromatic carbocycles. The van der Waals surface area contributed by atoms with E-state index in [1.54, 1.807) is 0 Å². The molecular weight excluding hydrogens is 270 g/mol. The second-order valence-corrected chi connectivity index (χ2v) is 5.87. The zero-order chi connectivity index (χ0) is 14.5. The fourth-order valence-corrected chi connectivity index (χ4v) is 2.38. The summed E-state index contributed by atoms with van der Waals surface area (Å²) in [7, 11) is 0. The van der Waals surface area contributed by atoms with Gasteiger partial charge in [0, 0.05) is 6.54 Å². The first-order valence-corrected chi connectivity index (χ1v) is 8.78. The fourth-order valence-electron chi connectivity index (χ4n) is 1.89. The molecule has 0 aliphatic heterocycles. The van der Waals surface area contributed by atoms with Gasteiger partial charge in [-0.15, -0.1) is 0 Å². The molecule has 0 spiro atoms. The number of aliphatic hydroxyl groups excluding tert-OH is 1. The molecule has 0 saturated carbocycles.